The molecule has 3 rings (SSSR count). The van der Waals surface area contributed by atoms with Gasteiger partial charge in [0.1, 0.15) is 11.3 Å². The van der Waals surface area contributed by atoms with Gasteiger partial charge in [-0.3, -0.25) is 14.9 Å². The number of nitro benzene ring substituents is 1. The molecule has 1 heterocycles. The van der Waals surface area contributed by atoms with Gasteiger partial charge in [0.2, 0.25) is 0 Å². The Balaban J connectivity index is 1.95. The number of amides is 1. The molecule has 26 heavy (non-hydrogen) atoms. The third kappa shape index (κ3) is 4.10. The number of furan rings is 1. The van der Waals surface area contributed by atoms with Gasteiger partial charge in [0.15, 0.2) is 0 Å². The van der Waals surface area contributed by atoms with Crippen LogP contribution >= 0.6 is 11.6 Å². The first-order valence-electron chi connectivity index (χ1n) is 7.84. The van der Waals surface area contributed by atoms with Crippen molar-refractivity contribution in [3.63, 3.8) is 0 Å². The molecule has 1 amide bonds. The van der Waals surface area contributed by atoms with Gasteiger partial charge in [-0.05, 0) is 29.8 Å². The molecule has 0 spiro atoms. The Labute approximate surface area is 154 Å². The van der Waals surface area contributed by atoms with Gasteiger partial charge < -0.3 is 9.32 Å². The SMILES string of the molecule is O=C(c1ccc(Cl)cc1[N+](=O)[O-])N(Cc1ccccc1)Cc1ccco1. The van der Waals surface area contributed by atoms with Crippen LogP contribution in [0, 0.1) is 10.1 Å². The van der Waals surface area contributed by atoms with E-state index in [-0.39, 0.29) is 22.8 Å². The fourth-order valence-electron chi connectivity index (χ4n) is 2.60. The summed E-state index contributed by atoms with van der Waals surface area (Å²) in [6, 6.07) is 16.9. The molecule has 0 aliphatic heterocycles. The van der Waals surface area contributed by atoms with Crippen LogP contribution in [0.5, 0.6) is 0 Å². The highest BCUT2D eigenvalue weighted by Crippen LogP contribution is 2.26. The van der Waals surface area contributed by atoms with Crippen LogP contribution in [0.15, 0.2) is 71.3 Å². The quantitative estimate of drug-likeness (QED) is 0.466. The van der Waals surface area contributed by atoms with E-state index in [4.69, 9.17) is 16.0 Å². The zero-order valence-electron chi connectivity index (χ0n) is 13.7. The smallest absolute Gasteiger partial charge is 0.283 e. The summed E-state index contributed by atoms with van der Waals surface area (Å²) in [7, 11) is 0. The minimum Gasteiger partial charge on any atom is -0.467 e. The fourth-order valence-corrected chi connectivity index (χ4v) is 2.77. The highest BCUT2D eigenvalue weighted by atomic mass is 35.5. The Bertz CT molecular complexity index is 911. The number of carbonyl (C=O) groups excluding carboxylic acids is 1. The zero-order valence-corrected chi connectivity index (χ0v) is 14.4. The molecule has 0 bridgehead atoms. The van der Waals surface area contributed by atoms with E-state index in [1.54, 1.807) is 12.1 Å². The number of benzene rings is 2. The average Bonchev–Trinajstić information content (AvgIpc) is 3.14. The Hall–Kier alpha value is -3.12. The lowest BCUT2D eigenvalue weighted by Crippen LogP contribution is -2.30. The van der Waals surface area contributed by atoms with Crippen LogP contribution in [-0.2, 0) is 13.1 Å². The first kappa shape index (κ1) is 17.7. The number of nitrogens with zero attached hydrogens (tertiary/aromatic N) is 2. The molecule has 0 saturated carbocycles. The molecule has 0 unspecified atom stereocenters. The molecule has 0 radical (unpaired) electrons. The number of halogens is 1. The van der Waals surface area contributed by atoms with Crippen molar-refractivity contribution in [3.05, 3.63) is 99.0 Å². The van der Waals surface area contributed by atoms with Crippen LogP contribution in [0.4, 0.5) is 5.69 Å². The van der Waals surface area contributed by atoms with Crippen LogP contribution in [0.2, 0.25) is 5.02 Å². The van der Waals surface area contributed by atoms with Gasteiger partial charge >= 0.3 is 0 Å². The number of hydrogen-bond acceptors (Lipinski definition) is 4. The largest absolute Gasteiger partial charge is 0.467 e. The molecule has 1 aromatic heterocycles. The fraction of sp³-hybridized carbons (Fsp3) is 0.105. The maximum Gasteiger partial charge on any atom is 0.283 e. The van der Waals surface area contributed by atoms with Crippen molar-refractivity contribution in [3.8, 4) is 0 Å². The summed E-state index contributed by atoms with van der Waals surface area (Å²) in [6.45, 7) is 0.487. The summed E-state index contributed by atoms with van der Waals surface area (Å²) in [5, 5.41) is 11.5. The van der Waals surface area contributed by atoms with Crippen LogP contribution in [0.1, 0.15) is 21.7 Å². The Morgan fingerprint density at radius 2 is 1.85 bits per heavy atom. The highest BCUT2D eigenvalue weighted by Gasteiger charge is 2.26. The lowest BCUT2D eigenvalue weighted by Gasteiger charge is -2.22. The summed E-state index contributed by atoms with van der Waals surface area (Å²) in [4.78, 5) is 25.3. The highest BCUT2D eigenvalue weighted by molar-refractivity contribution is 6.31. The van der Waals surface area contributed by atoms with E-state index in [1.807, 2.05) is 30.3 Å². The van der Waals surface area contributed by atoms with Crippen LogP contribution in [0.25, 0.3) is 0 Å². The van der Waals surface area contributed by atoms with Gasteiger partial charge in [-0.25, -0.2) is 0 Å². The normalized spacial score (nSPS) is 10.5. The van der Waals surface area contributed by atoms with Crippen molar-refractivity contribution in [1.29, 1.82) is 0 Å². The lowest BCUT2D eigenvalue weighted by molar-refractivity contribution is -0.385. The monoisotopic (exact) mass is 370 g/mol. The number of rotatable bonds is 6. The molecular weight excluding hydrogens is 356 g/mol. The van der Waals surface area contributed by atoms with E-state index in [0.717, 1.165) is 5.56 Å². The second-order valence-electron chi connectivity index (χ2n) is 5.64. The Morgan fingerprint density at radius 1 is 1.08 bits per heavy atom. The number of nitro groups is 1. The molecule has 0 fully saturated rings. The lowest BCUT2D eigenvalue weighted by atomic mass is 10.1. The van der Waals surface area contributed by atoms with Crippen LogP contribution < -0.4 is 0 Å². The molecule has 7 heteroatoms. The van der Waals surface area contributed by atoms with Crippen molar-refractivity contribution < 1.29 is 14.1 Å². The Kier molecular flexibility index (Phi) is 5.34. The standard InChI is InChI=1S/C19H15ClN2O4/c20-15-8-9-17(18(11-15)22(24)25)19(23)21(13-16-7-4-10-26-16)12-14-5-2-1-3-6-14/h1-11H,12-13H2. The van der Waals surface area contributed by atoms with Crippen molar-refractivity contribution in [2.45, 2.75) is 13.1 Å². The van der Waals surface area contributed by atoms with E-state index >= 15 is 0 Å². The zero-order chi connectivity index (χ0) is 18.5. The molecular formula is C19H15ClN2O4. The average molecular weight is 371 g/mol. The second-order valence-corrected chi connectivity index (χ2v) is 6.08. The predicted octanol–water partition coefficient (Wildman–Crippen LogP) is 4.68. The van der Waals surface area contributed by atoms with Gasteiger partial charge in [0.05, 0.1) is 17.7 Å². The minimum absolute atomic E-state index is 0.0121. The summed E-state index contributed by atoms with van der Waals surface area (Å²) in [6.07, 6.45) is 1.52. The maximum atomic E-state index is 13.0. The summed E-state index contributed by atoms with van der Waals surface area (Å²) < 4.78 is 5.34. The Morgan fingerprint density at radius 3 is 2.50 bits per heavy atom. The van der Waals surface area contributed by atoms with E-state index in [1.165, 1.54) is 29.4 Å². The molecule has 0 aliphatic rings. The molecule has 3 aromatic rings. The third-order valence-electron chi connectivity index (χ3n) is 3.82. The van der Waals surface area contributed by atoms with Crippen molar-refractivity contribution in [1.82, 2.24) is 4.90 Å². The summed E-state index contributed by atoms with van der Waals surface area (Å²) in [5.41, 5.74) is 0.575. The van der Waals surface area contributed by atoms with Crippen molar-refractivity contribution in [2.24, 2.45) is 0 Å². The van der Waals surface area contributed by atoms with E-state index < -0.39 is 10.8 Å². The van der Waals surface area contributed by atoms with E-state index in [9.17, 15) is 14.9 Å². The third-order valence-corrected chi connectivity index (χ3v) is 4.05. The number of carbonyl (C=O) groups is 1. The molecule has 0 saturated heterocycles. The first-order valence-corrected chi connectivity index (χ1v) is 8.22. The number of hydrogen-bond donors (Lipinski definition) is 0. The van der Waals surface area contributed by atoms with Gasteiger partial charge in [-0.15, -0.1) is 0 Å². The second kappa shape index (κ2) is 7.84. The first-order chi connectivity index (χ1) is 12.5. The molecule has 2 aromatic carbocycles. The van der Waals surface area contributed by atoms with E-state index in [0.29, 0.717) is 12.3 Å². The predicted molar refractivity (Wildman–Crippen MR) is 96.8 cm³/mol. The van der Waals surface area contributed by atoms with E-state index in [2.05, 4.69) is 0 Å². The maximum absolute atomic E-state index is 13.0. The molecule has 0 aliphatic carbocycles. The minimum atomic E-state index is -0.604. The summed E-state index contributed by atoms with van der Waals surface area (Å²) >= 11 is 5.85. The summed E-state index contributed by atoms with van der Waals surface area (Å²) in [5.74, 6) is 0.125. The van der Waals surface area contributed by atoms with Gasteiger partial charge in [0, 0.05) is 17.6 Å². The van der Waals surface area contributed by atoms with Gasteiger partial charge in [0.25, 0.3) is 11.6 Å². The van der Waals surface area contributed by atoms with Gasteiger partial charge in [-0.2, -0.15) is 0 Å². The van der Waals surface area contributed by atoms with Crippen molar-refractivity contribution >= 4 is 23.2 Å². The van der Waals surface area contributed by atoms with Gasteiger partial charge in [-0.1, -0.05) is 41.9 Å². The van der Waals surface area contributed by atoms with Crippen LogP contribution in [-0.4, -0.2) is 15.7 Å². The molecule has 132 valence electrons. The molecule has 6 nitrogen and oxygen atoms in total. The molecule has 0 atom stereocenters. The topological polar surface area (TPSA) is 76.6 Å². The molecule has 0 N–H and O–H groups in total. The van der Waals surface area contributed by atoms with Crippen molar-refractivity contribution in [2.75, 3.05) is 0 Å². The van der Waals surface area contributed by atoms with Crippen LogP contribution in [0.3, 0.4) is 0 Å².